The van der Waals surface area contributed by atoms with Crippen LogP contribution in [0, 0.1) is 5.92 Å². The third-order valence-corrected chi connectivity index (χ3v) is 5.63. The molecular formula is C21H34F2N2O3. The molecule has 0 spiro atoms. The molecule has 5 nitrogen and oxygen atoms in total. The summed E-state index contributed by atoms with van der Waals surface area (Å²) >= 11 is 0. The van der Waals surface area contributed by atoms with Crippen molar-refractivity contribution in [3.8, 4) is 0 Å². The Bertz CT molecular complexity index is 591. The molecule has 2 aliphatic rings. The lowest BCUT2D eigenvalue weighted by Crippen LogP contribution is -2.55. The van der Waals surface area contributed by atoms with Gasteiger partial charge in [0.05, 0.1) is 6.04 Å². The number of likely N-dealkylation sites (tertiary alicyclic amines) is 1. The van der Waals surface area contributed by atoms with Crippen LogP contribution in [-0.2, 0) is 9.53 Å². The Labute approximate surface area is 166 Å². The van der Waals surface area contributed by atoms with Crippen LogP contribution in [0.4, 0.5) is 13.6 Å². The van der Waals surface area contributed by atoms with Gasteiger partial charge in [0, 0.05) is 19.4 Å². The zero-order valence-corrected chi connectivity index (χ0v) is 17.5. The van der Waals surface area contributed by atoms with E-state index in [1.165, 1.54) is 0 Å². The molecule has 7 heteroatoms. The molecule has 2 unspecified atom stereocenters. The lowest BCUT2D eigenvalue weighted by atomic mass is 9.81. The van der Waals surface area contributed by atoms with E-state index >= 15 is 0 Å². The molecule has 0 aromatic heterocycles. The molecule has 1 aliphatic carbocycles. The van der Waals surface area contributed by atoms with Gasteiger partial charge in [-0.25, -0.2) is 13.6 Å². The van der Waals surface area contributed by atoms with Crippen molar-refractivity contribution >= 4 is 12.0 Å². The van der Waals surface area contributed by atoms with E-state index in [0.29, 0.717) is 6.54 Å². The van der Waals surface area contributed by atoms with Crippen molar-refractivity contribution in [2.45, 2.75) is 96.2 Å². The first-order valence-electron chi connectivity index (χ1n) is 10.3. The Morgan fingerprint density at radius 1 is 1.25 bits per heavy atom. The number of nitrogens with one attached hydrogen (secondary N) is 1. The normalized spacial score (nSPS) is 23.9. The molecule has 1 saturated heterocycles. The Morgan fingerprint density at radius 2 is 1.86 bits per heavy atom. The van der Waals surface area contributed by atoms with Crippen molar-refractivity contribution in [2.75, 3.05) is 6.54 Å². The van der Waals surface area contributed by atoms with Gasteiger partial charge >= 0.3 is 6.09 Å². The standard InChI is InChI=1S/C21H34F2N2O3/c1-6-14(2)16-8-7-13-25(16)18(26)17(24-19(27)28-20(3,4)5)15-9-11-21(22,23)12-10-15/h15-17H,2,6-13H2,1,3-5H3,(H,24,27). The Kier molecular flexibility index (Phi) is 7.10. The predicted octanol–water partition coefficient (Wildman–Crippen LogP) is 4.66. The summed E-state index contributed by atoms with van der Waals surface area (Å²) in [7, 11) is 0. The Morgan fingerprint density at radius 3 is 2.39 bits per heavy atom. The molecule has 0 radical (unpaired) electrons. The second kappa shape index (κ2) is 8.78. The van der Waals surface area contributed by atoms with Crippen LogP contribution in [0.15, 0.2) is 12.2 Å². The van der Waals surface area contributed by atoms with Crippen LogP contribution >= 0.6 is 0 Å². The van der Waals surface area contributed by atoms with Crippen LogP contribution in [0.25, 0.3) is 0 Å². The molecule has 160 valence electrons. The maximum atomic E-state index is 13.6. The molecule has 2 atom stereocenters. The minimum Gasteiger partial charge on any atom is -0.444 e. The first-order chi connectivity index (χ1) is 12.9. The van der Waals surface area contributed by atoms with E-state index in [2.05, 4.69) is 11.9 Å². The monoisotopic (exact) mass is 400 g/mol. The van der Waals surface area contributed by atoms with E-state index in [-0.39, 0.29) is 43.6 Å². The number of nitrogens with zero attached hydrogens (tertiary/aromatic N) is 1. The number of halogens is 2. The van der Waals surface area contributed by atoms with Gasteiger partial charge in [-0.2, -0.15) is 0 Å². The van der Waals surface area contributed by atoms with E-state index in [1.54, 1.807) is 25.7 Å². The highest BCUT2D eigenvalue weighted by atomic mass is 19.3. The summed E-state index contributed by atoms with van der Waals surface area (Å²) in [6.07, 6.45) is 1.68. The van der Waals surface area contributed by atoms with Crippen molar-refractivity contribution < 1.29 is 23.1 Å². The minimum atomic E-state index is -2.69. The molecule has 0 aromatic carbocycles. The molecule has 2 fully saturated rings. The lowest BCUT2D eigenvalue weighted by molar-refractivity contribution is -0.136. The lowest BCUT2D eigenvalue weighted by Gasteiger charge is -2.37. The molecule has 1 saturated carbocycles. The molecule has 1 aliphatic heterocycles. The Balaban J connectivity index is 2.18. The summed E-state index contributed by atoms with van der Waals surface area (Å²) < 4.78 is 32.6. The number of carbonyl (C=O) groups excluding carboxylic acids is 2. The summed E-state index contributed by atoms with van der Waals surface area (Å²) in [6.45, 7) is 11.9. The van der Waals surface area contributed by atoms with Gasteiger partial charge in [0.1, 0.15) is 11.6 Å². The van der Waals surface area contributed by atoms with Crippen LogP contribution in [0.1, 0.15) is 72.6 Å². The summed E-state index contributed by atoms with van der Waals surface area (Å²) in [6, 6.07) is -0.901. The number of hydrogen-bond acceptors (Lipinski definition) is 3. The van der Waals surface area contributed by atoms with Crippen LogP contribution < -0.4 is 5.32 Å². The molecule has 2 rings (SSSR count). The van der Waals surface area contributed by atoms with E-state index in [0.717, 1.165) is 24.8 Å². The fourth-order valence-corrected chi connectivity index (χ4v) is 4.08. The zero-order chi connectivity index (χ0) is 21.1. The van der Waals surface area contributed by atoms with E-state index in [9.17, 15) is 18.4 Å². The first kappa shape index (κ1) is 22.6. The van der Waals surface area contributed by atoms with Gasteiger partial charge in [-0.15, -0.1) is 0 Å². The average Bonchev–Trinajstić information content (AvgIpc) is 3.07. The number of hydrogen-bond donors (Lipinski definition) is 1. The van der Waals surface area contributed by atoms with Gasteiger partial charge in [-0.05, 0) is 58.8 Å². The molecule has 0 bridgehead atoms. The minimum absolute atomic E-state index is 0.0505. The third-order valence-electron chi connectivity index (χ3n) is 5.63. The van der Waals surface area contributed by atoms with Crippen LogP contribution in [0.3, 0.4) is 0 Å². The maximum Gasteiger partial charge on any atom is 0.408 e. The quantitative estimate of drug-likeness (QED) is 0.683. The number of ether oxygens (including phenoxy) is 1. The fraction of sp³-hybridized carbons (Fsp3) is 0.810. The van der Waals surface area contributed by atoms with Crippen molar-refractivity contribution in [1.29, 1.82) is 0 Å². The van der Waals surface area contributed by atoms with E-state index < -0.39 is 23.7 Å². The van der Waals surface area contributed by atoms with Crippen molar-refractivity contribution in [2.24, 2.45) is 5.92 Å². The average molecular weight is 401 g/mol. The van der Waals surface area contributed by atoms with Crippen LogP contribution in [0.2, 0.25) is 0 Å². The molecular weight excluding hydrogens is 366 g/mol. The molecule has 2 amide bonds. The number of carbonyl (C=O) groups is 2. The number of rotatable bonds is 5. The topological polar surface area (TPSA) is 58.6 Å². The van der Waals surface area contributed by atoms with Gasteiger partial charge in [-0.3, -0.25) is 4.79 Å². The van der Waals surface area contributed by atoms with Gasteiger partial charge in [-0.1, -0.05) is 19.1 Å². The van der Waals surface area contributed by atoms with Crippen LogP contribution in [-0.4, -0.2) is 47.1 Å². The number of amides is 2. The highest BCUT2D eigenvalue weighted by Gasteiger charge is 2.43. The molecule has 1 heterocycles. The van der Waals surface area contributed by atoms with Crippen molar-refractivity contribution in [3.63, 3.8) is 0 Å². The van der Waals surface area contributed by atoms with Crippen molar-refractivity contribution in [3.05, 3.63) is 12.2 Å². The highest BCUT2D eigenvalue weighted by Crippen LogP contribution is 2.38. The van der Waals surface area contributed by atoms with Gasteiger partial charge in [0.15, 0.2) is 0 Å². The maximum absolute atomic E-state index is 13.6. The first-order valence-corrected chi connectivity index (χ1v) is 10.3. The van der Waals surface area contributed by atoms with Gasteiger partial charge < -0.3 is 15.0 Å². The van der Waals surface area contributed by atoms with Crippen LogP contribution in [0.5, 0.6) is 0 Å². The predicted molar refractivity (Wildman–Crippen MR) is 104 cm³/mol. The summed E-state index contributed by atoms with van der Waals surface area (Å²) in [5.41, 5.74) is 0.279. The number of alkyl halides is 2. The SMILES string of the molecule is C=C(CC)C1CCCN1C(=O)C(NC(=O)OC(C)(C)C)C1CCC(F)(F)CC1. The fourth-order valence-electron chi connectivity index (χ4n) is 4.08. The second-order valence-corrected chi connectivity index (χ2v) is 9.02. The summed E-state index contributed by atoms with van der Waals surface area (Å²) in [4.78, 5) is 27.5. The zero-order valence-electron chi connectivity index (χ0n) is 17.5. The highest BCUT2D eigenvalue weighted by molar-refractivity contribution is 5.86. The second-order valence-electron chi connectivity index (χ2n) is 9.02. The van der Waals surface area contributed by atoms with E-state index in [4.69, 9.17) is 4.74 Å². The summed E-state index contributed by atoms with van der Waals surface area (Å²) in [5.74, 6) is -3.23. The Hall–Kier alpha value is -1.66. The molecule has 0 aromatic rings. The molecule has 28 heavy (non-hydrogen) atoms. The molecule has 1 N–H and O–H groups in total. The van der Waals surface area contributed by atoms with Gasteiger partial charge in [0.2, 0.25) is 11.8 Å². The van der Waals surface area contributed by atoms with Crippen molar-refractivity contribution in [1.82, 2.24) is 10.2 Å². The summed E-state index contributed by atoms with van der Waals surface area (Å²) in [5, 5.41) is 2.70. The van der Waals surface area contributed by atoms with Gasteiger partial charge in [0.25, 0.3) is 0 Å². The largest absolute Gasteiger partial charge is 0.444 e. The third kappa shape index (κ3) is 5.92. The van der Waals surface area contributed by atoms with E-state index in [1.807, 2.05) is 6.92 Å². The smallest absolute Gasteiger partial charge is 0.408 e. The number of alkyl carbamates (subject to hydrolysis) is 1.